The molecule has 1 aliphatic heterocycles. The second kappa shape index (κ2) is 3.79. The van der Waals surface area contributed by atoms with E-state index >= 15 is 0 Å². The molecule has 2 nitrogen and oxygen atoms in total. The summed E-state index contributed by atoms with van der Waals surface area (Å²) in [5.74, 6) is 1.26. The van der Waals surface area contributed by atoms with Crippen LogP contribution in [0.3, 0.4) is 0 Å². The van der Waals surface area contributed by atoms with Gasteiger partial charge in [0.25, 0.3) is 0 Å². The van der Waals surface area contributed by atoms with Crippen LogP contribution in [0.25, 0.3) is 0 Å². The van der Waals surface area contributed by atoms with Gasteiger partial charge in [-0.05, 0) is 12.0 Å². The lowest BCUT2D eigenvalue weighted by Gasteiger charge is -2.08. The molecule has 1 heterocycles. The van der Waals surface area contributed by atoms with Crippen molar-refractivity contribution in [2.24, 2.45) is 4.51 Å². The van der Waals surface area contributed by atoms with Crippen LogP contribution in [-0.4, -0.2) is 12.4 Å². The molecule has 0 radical (unpaired) electrons. The van der Waals surface area contributed by atoms with Crippen molar-refractivity contribution in [2.45, 2.75) is 12.3 Å². The molecule has 0 unspecified atom stereocenters. The summed E-state index contributed by atoms with van der Waals surface area (Å²) < 4.78 is 3.72. The van der Waals surface area contributed by atoms with Crippen LogP contribution in [0.2, 0.25) is 0 Å². The van der Waals surface area contributed by atoms with E-state index < -0.39 is 0 Å². The summed E-state index contributed by atoms with van der Waals surface area (Å²) in [4.78, 5) is 0. The van der Waals surface area contributed by atoms with Crippen LogP contribution in [0, 0.1) is 0 Å². The standard InChI is InChI=1S/C10H11ClN2/c11-13-10-9(6-7-12-10)8-4-2-1-3-5-8/h1-5,9H,6-7H2,(H,12,13)/t9-/m0/s1. The SMILES string of the molecule is Cl/N=C1\NCC[C@H]1c1ccccc1. The number of nitrogens with zero attached hydrogens (tertiary/aromatic N) is 1. The lowest BCUT2D eigenvalue weighted by molar-refractivity contribution is 0.839. The number of hydrogen-bond acceptors (Lipinski definition) is 1. The molecule has 2 rings (SSSR count). The molecule has 0 bridgehead atoms. The normalized spacial score (nSPS) is 24.7. The summed E-state index contributed by atoms with van der Waals surface area (Å²) in [5.41, 5.74) is 1.28. The van der Waals surface area contributed by atoms with Crippen molar-refractivity contribution >= 4 is 17.6 Å². The van der Waals surface area contributed by atoms with Crippen molar-refractivity contribution < 1.29 is 0 Å². The van der Waals surface area contributed by atoms with E-state index in [4.69, 9.17) is 11.8 Å². The largest absolute Gasteiger partial charge is 0.372 e. The average molecular weight is 195 g/mol. The Kier molecular flexibility index (Phi) is 2.50. The summed E-state index contributed by atoms with van der Waals surface area (Å²) >= 11 is 5.48. The first-order valence-electron chi connectivity index (χ1n) is 4.39. The van der Waals surface area contributed by atoms with Crippen LogP contribution >= 0.6 is 11.8 Å². The van der Waals surface area contributed by atoms with E-state index in [-0.39, 0.29) is 0 Å². The topological polar surface area (TPSA) is 24.4 Å². The number of nitrogens with one attached hydrogen (secondary N) is 1. The molecular formula is C10H11ClN2. The number of hydrogen-bond donors (Lipinski definition) is 1. The van der Waals surface area contributed by atoms with E-state index in [2.05, 4.69) is 22.0 Å². The highest BCUT2D eigenvalue weighted by Crippen LogP contribution is 2.24. The summed E-state index contributed by atoms with van der Waals surface area (Å²) in [6.45, 7) is 0.963. The van der Waals surface area contributed by atoms with Gasteiger partial charge in [0.1, 0.15) is 5.84 Å². The maximum absolute atomic E-state index is 5.48. The highest BCUT2D eigenvalue weighted by Gasteiger charge is 2.23. The van der Waals surface area contributed by atoms with Crippen LogP contribution in [0.15, 0.2) is 34.8 Å². The minimum atomic E-state index is 0.360. The maximum atomic E-state index is 5.48. The molecule has 1 aliphatic rings. The molecule has 13 heavy (non-hydrogen) atoms. The number of halogens is 1. The third-order valence-corrected chi connectivity index (χ3v) is 2.54. The number of rotatable bonds is 1. The molecule has 0 aromatic heterocycles. The van der Waals surface area contributed by atoms with E-state index in [1.54, 1.807) is 0 Å². The van der Waals surface area contributed by atoms with Gasteiger partial charge < -0.3 is 5.32 Å². The lowest BCUT2D eigenvalue weighted by atomic mass is 9.98. The van der Waals surface area contributed by atoms with E-state index in [0.29, 0.717) is 5.92 Å². The number of benzene rings is 1. The molecule has 1 saturated heterocycles. The third-order valence-electron chi connectivity index (χ3n) is 2.36. The van der Waals surface area contributed by atoms with Gasteiger partial charge in [-0.25, -0.2) is 0 Å². The van der Waals surface area contributed by atoms with E-state index in [9.17, 15) is 0 Å². The Bertz CT molecular complexity index is 308. The second-order valence-electron chi connectivity index (χ2n) is 3.15. The Balaban J connectivity index is 2.27. The van der Waals surface area contributed by atoms with Gasteiger partial charge in [0.05, 0.1) is 0 Å². The first-order chi connectivity index (χ1) is 6.42. The smallest absolute Gasteiger partial charge is 0.124 e. The highest BCUT2D eigenvalue weighted by molar-refractivity contribution is 6.20. The van der Waals surface area contributed by atoms with Crippen LogP contribution in [0.4, 0.5) is 0 Å². The van der Waals surface area contributed by atoms with Gasteiger partial charge in [-0.3, -0.25) is 0 Å². The van der Waals surface area contributed by atoms with E-state index in [0.717, 1.165) is 18.8 Å². The molecule has 1 N–H and O–H groups in total. The van der Waals surface area contributed by atoms with Gasteiger partial charge in [0, 0.05) is 24.2 Å². The minimum absolute atomic E-state index is 0.360. The van der Waals surface area contributed by atoms with Crippen LogP contribution < -0.4 is 5.32 Å². The fraction of sp³-hybridized carbons (Fsp3) is 0.300. The molecule has 1 fully saturated rings. The zero-order valence-electron chi connectivity index (χ0n) is 7.20. The zero-order chi connectivity index (χ0) is 9.10. The van der Waals surface area contributed by atoms with Crippen molar-refractivity contribution in [1.29, 1.82) is 0 Å². The summed E-state index contributed by atoms with van der Waals surface area (Å²) in [5, 5.41) is 3.17. The summed E-state index contributed by atoms with van der Waals surface area (Å²) in [6.07, 6.45) is 1.08. The molecule has 1 atom stereocenters. The second-order valence-corrected chi connectivity index (χ2v) is 3.32. The Morgan fingerprint density at radius 2 is 2.08 bits per heavy atom. The zero-order valence-corrected chi connectivity index (χ0v) is 7.96. The monoisotopic (exact) mass is 194 g/mol. The fourth-order valence-electron chi connectivity index (χ4n) is 1.70. The summed E-state index contributed by atoms with van der Waals surface area (Å²) in [6, 6.07) is 10.3. The molecule has 3 heteroatoms. The Morgan fingerprint density at radius 1 is 1.31 bits per heavy atom. The highest BCUT2D eigenvalue weighted by atomic mass is 35.5. The van der Waals surface area contributed by atoms with Gasteiger partial charge in [0.15, 0.2) is 0 Å². The molecule has 68 valence electrons. The Hall–Kier alpha value is -1.02. The van der Waals surface area contributed by atoms with Gasteiger partial charge in [-0.15, -0.1) is 0 Å². The first-order valence-corrected chi connectivity index (χ1v) is 4.73. The van der Waals surface area contributed by atoms with Gasteiger partial charge in [-0.2, -0.15) is 4.51 Å². The molecule has 0 saturated carbocycles. The fourth-order valence-corrected chi connectivity index (χ4v) is 1.88. The van der Waals surface area contributed by atoms with Crippen molar-refractivity contribution in [3.8, 4) is 0 Å². The van der Waals surface area contributed by atoms with E-state index in [1.807, 2.05) is 18.2 Å². The average Bonchev–Trinajstić information content (AvgIpc) is 2.67. The predicted octanol–water partition coefficient (Wildman–Crippen LogP) is 2.32. The Labute approximate surface area is 82.7 Å². The Morgan fingerprint density at radius 3 is 2.77 bits per heavy atom. The van der Waals surface area contributed by atoms with Crippen LogP contribution in [0.5, 0.6) is 0 Å². The van der Waals surface area contributed by atoms with Crippen molar-refractivity contribution in [3.63, 3.8) is 0 Å². The molecule has 1 aromatic carbocycles. The molecular weight excluding hydrogens is 184 g/mol. The van der Waals surface area contributed by atoms with E-state index in [1.165, 1.54) is 5.56 Å². The van der Waals surface area contributed by atoms with Crippen molar-refractivity contribution in [3.05, 3.63) is 35.9 Å². The minimum Gasteiger partial charge on any atom is -0.372 e. The molecule has 0 aliphatic carbocycles. The quantitative estimate of drug-likeness (QED) is 0.729. The van der Waals surface area contributed by atoms with Gasteiger partial charge >= 0.3 is 0 Å². The molecule has 0 spiro atoms. The van der Waals surface area contributed by atoms with Crippen LogP contribution in [-0.2, 0) is 0 Å². The van der Waals surface area contributed by atoms with Crippen LogP contribution in [0.1, 0.15) is 17.9 Å². The maximum Gasteiger partial charge on any atom is 0.124 e. The summed E-state index contributed by atoms with van der Waals surface area (Å²) in [7, 11) is 0. The van der Waals surface area contributed by atoms with Gasteiger partial charge in [-0.1, -0.05) is 30.3 Å². The van der Waals surface area contributed by atoms with Crippen molar-refractivity contribution in [2.75, 3.05) is 6.54 Å². The third kappa shape index (κ3) is 1.68. The van der Waals surface area contributed by atoms with Gasteiger partial charge in [0.2, 0.25) is 0 Å². The lowest BCUT2D eigenvalue weighted by Crippen LogP contribution is -2.17. The predicted molar refractivity (Wildman–Crippen MR) is 55.1 cm³/mol. The molecule has 1 aromatic rings. The first kappa shape index (κ1) is 8.57. The molecule has 0 amide bonds. The number of amidine groups is 1. The van der Waals surface area contributed by atoms with Crippen molar-refractivity contribution in [1.82, 2.24) is 5.32 Å².